The second-order valence-corrected chi connectivity index (χ2v) is 8.42. The number of nitrogens with one attached hydrogen (secondary N) is 1. The summed E-state index contributed by atoms with van der Waals surface area (Å²) in [5, 5.41) is 8.43. The van der Waals surface area contributed by atoms with Gasteiger partial charge in [-0.2, -0.15) is 5.10 Å². The third kappa shape index (κ3) is 3.09. The van der Waals surface area contributed by atoms with Gasteiger partial charge >= 0.3 is 0 Å². The molecular weight excluding hydrogens is 408 g/mol. The zero-order valence-corrected chi connectivity index (χ0v) is 18.7. The minimum atomic E-state index is 0.730. The summed E-state index contributed by atoms with van der Waals surface area (Å²) >= 11 is 0. The van der Waals surface area contributed by atoms with Crippen molar-refractivity contribution in [2.24, 2.45) is 0 Å². The fraction of sp³-hybridized carbons (Fsp3) is 0.185. The van der Waals surface area contributed by atoms with Crippen molar-refractivity contribution in [2.75, 3.05) is 0 Å². The van der Waals surface area contributed by atoms with Crippen LogP contribution in [-0.4, -0.2) is 29.5 Å². The van der Waals surface area contributed by atoms with Gasteiger partial charge in [0.05, 0.1) is 17.2 Å². The quantitative estimate of drug-likeness (QED) is 0.355. The molecule has 0 aliphatic rings. The fourth-order valence-corrected chi connectivity index (χ4v) is 4.78. The molecule has 33 heavy (non-hydrogen) atoms. The van der Waals surface area contributed by atoms with E-state index in [9.17, 15) is 0 Å². The molecule has 6 heteroatoms. The number of unbranched alkanes of at least 4 members (excludes halogenated alkanes) is 1. The van der Waals surface area contributed by atoms with E-state index >= 15 is 0 Å². The Labute approximate surface area is 191 Å². The van der Waals surface area contributed by atoms with Crippen LogP contribution >= 0.6 is 0 Å². The Hall–Kier alpha value is -4.06. The van der Waals surface area contributed by atoms with Gasteiger partial charge in [0.15, 0.2) is 0 Å². The van der Waals surface area contributed by atoms with Crippen LogP contribution in [0.4, 0.5) is 0 Å². The molecular formula is C27H24N6. The minimum Gasteiger partial charge on any atom is -0.264 e. The number of aryl methyl sites for hydroxylation is 2. The molecule has 4 aromatic heterocycles. The van der Waals surface area contributed by atoms with E-state index in [-0.39, 0.29) is 0 Å². The Balaban J connectivity index is 1.78. The van der Waals surface area contributed by atoms with Crippen LogP contribution in [0.2, 0.25) is 0 Å². The highest BCUT2D eigenvalue weighted by atomic mass is 15.3. The van der Waals surface area contributed by atoms with E-state index in [4.69, 9.17) is 9.97 Å². The van der Waals surface area contributed by atoms with Crippen molar-refractivity contribution in [3.05, 3.63) is 78.5 Å². The van der Waals surface area contributed by atoms with Crippen LogP contribution in [0.1, 0.15) is 31.2 Å². The molecule has 4 heterocycles. The van der Waals surface area contributed by atoms with Crippen LogP contribution < -0.4 is 0 Å². The number of fused-ring (bicyclic) bond motifs is 5. The van der Waals surface area contributed by atoms with Crippen molar-refractivity contribution in [3.8, 4) is 22.3 Å². The first-order valence-electron chi connectivity index (χ1n) is 11.4. The lowest BCUT2D eigenvalue weighted by Gasteiger charge is -2.17. The summed E-state index contributed by atoms with van der Waals surface area (Å²) in [7, 11) is 0. The van der Waals surface area contributed by atoms with Crippen LogP contribution in [0.25, 0.3) is 50.0 Å². The maximum Gasteiger partial charge on any atom is 0.230 e. The van der Waals surface area contributed by atoms with Gasteiger partial charge in [0.25, 0.3) is 0 Å². The van der Waals surface area contributed by atoms with Gasteiger partial charge in [-0.05, 0) is 48.6 Å². The lowest BCUT2D eigenvalue weighted by Crippen LogP contribution is -1.96. The predicted octanol–water partition coefficient (Wildman–Crippen LogP) is 6.14. The topological polar surface area (TPSA) is 71.8 Å². The van der Waals surface area contributed by atoms with Crippen molar-refractivity contribution in [1.82, 2.24) is 29.5 Å². The summed E-state index contributed by atoms with van der Waals surface area (Å²) in [6.07, 6.45) is 8.98. The summed E-state index contributed by atoms with van der Waals surface area (Å²) in [5.41, 5.74) is 8.79. The smallest absolute Gasteiger partial charge is 0.230 e. The molecule has 0 atom stereocenters. The summed E-state index contributed by atoms with van der Waals surface area (Å²) in [6.45, 7) is 4.21. The molecule has 6 rings (SSSR count). The molecule has 0 fully saturated rings. The molecule has 6 nitrogen and oxygen atoms in total. The van der Waals surface area contributed by atoms with E-state index < -0.39 is 0 Å². The number of rotatable bonds is 5. The number of hydrogen-bond acceptors (Lipinski definition) is 4. The number of nitrogens with zero attached hydrogens (tertiary/aromatic N) is 5. The molecule has 1 N–H and O–H groups in total. The highest BCUT2D eigenvalue weighted by molar-refractivity contribution is 6.15. The maximum atomic E-state index is 4.97. The number of imidazole rings is 1. The first-order valence-corrected chi connectivity index (χ1v) is 11.4. The van der Waals surface area contributed by atoms with Crippen molar-refractivity contribution in [3.63, 3.8) is 0 Å². The lowest BCUT2D eigenvalue weighted by atomic mass is 9.87. The Morgan fingerprint density at radius 3 is 2.73 bits per heavy atom. The SMILES string of the molecule is CCCCc1ccccc1-c1c(-c2cccnc2)ccc2ncc3c(nc4[nH]nc(C)n43)c12. The predicted molar refractivity (Wildman–Crippen MR) is 132 cm³/mol. The highest BCUT2D eigenvalue weighted by Crippen LogP contribution is 2.42. The van der Waals surface area contributed by atoms with Gasteiger partial charge in [-0.3, -0.25) is 14.4 Å². The standard InChI is InChI=1S/C27H24N6/c1-3-4-8-18-9-5-6-11-20(18)24-21(19-10-7-14-28-15-19)12-13-22-25(24)26-23(16-29-22)33-17(2)31-32-27(33)30-26/h5-7,9-16H,3-4,8H2,1-2H3,(H,30,32). The normalized spacial score (nSPS) is 11.7. The van der Waals surface area contributed by atoms with E-state index in [0.717, 1.165) is 69.5 Å². The first-order chi connectivity index (χ1) is 16.3. The second-order valence-electron chi connectivity index (χ2n) is 8.42. The zero-order valence-electron chi connectivity index (χ0n) is 18.7. The molecule has 6 aromatic rings. The van der Waals surface area contributed by atoms with Gasteiger partial charge in [0.2, 0.25) is 5.78 Å². The van der Waals surface area contributed by atoms with Crippen LogP contribution in [0.15, 0.2) is 67.1 Å². The number of aromatic nitrogens is 6. The molecule has 0 unspecified atom stereocenters. The molecule has 0 aliphatic heterocycles. The summed E-state index contributed by atoms with van der Waals surface area (Å²) in [5.74, 6) is 1.59. The number of benzene rings is 2. The third-order valence-electron chi connectivity index (χ3n) is 6.36. The van der Waals surface area contributed by atoms with Gasteiger partial charge in [-0.15, -0.1) is 0 Å². The average Bonchev–Trinajstić information content (AvgIpc) is 3.42. The summed E-state index contributed by atoms with van der Waals surface area (Å²) in [6, 6.07) is 17.1. The summed E-state index contributed by atoms with van der Waals surface area (Å²) < 4.78 is 2.03. The van der Waals surface area contributed by atoms with E-state index in [2.05, 4.69) is 64.6 Å². The molecule has 162 valence electrons. The fourth-order valence-electron chi connectivity index (χ4n) is 4.78. The molecule has 0 spiro atoms. The monoisotopic (exact) mass is 432 g/mol. The molecule has 0 radical (unpaired) electrons. The molecule has 0 amide bonds. The van der Waals surface area contributed by atoms with Crippen LogP contribution in [-0.2, 0) is 6.42 Å². The minimum absolute atomic E-state index is 0.730. The largest absolute Gasteiger partial charge is 0.264 e. The Kier molecular flexibility index (Phi) is 4.64. The van der Waals surface area contributed by atoms with E-state index in [0.29, 0.717) is 0 Å². The van der Waals surface area contributed by atoms with Crippen molar-refractivity contribution < 1.29 is 0 Å². The number of hydrogen-bond donors (Lipinski definition) is 1. The van der Waals surface area contributed by atoms with Crippen LogP contribution in [0.3, 0.4) is 0 Å². The van der Waals surface area contributed by atoms with Crippen molar-refractivity contribution >= 4 is 27.7 Å². The number of H-pyrrole nitrogens is 1. The Morgan fingerprint density at radius 2 is 1.88 bits per heavy atom. The van der Waals surface area contributed by atoms with Crippen molar-refractivity contribution in [2.45, 2.75) is 33.1 Å². The first kappa shape index (κ1) is 19.6. The van der Waals surface area contributed by atoms with Gasteiger partial charge in [0.1, 0.15) is 11.3 Å². The Morgan fingerprint density at radius 1 is 0.970 bits per heavy atom. The highest BCUT2D eigenvalue weighted by Gasteiger charge is 2.20. The molecule has 0 saturated carbocycles. The number of pyridine rings is 2. The van der Waals surface area contributed by atoms with E-state index in [1.807, 2.05) is 36.0 Å². The molecule has 0 saturated heterocycles. The van der Waals surface area contributed by atoms with Crippen molar-refractivity contribution in [1.29, 1.82) is 0 Å². The van der Waals surface area contributed by atoms with E-state index in [1.54, 1.807) is 0 Å². The van der Waals surface area contributed by atoms with Gasteiger partial charge in [-0.1, -0.05) is 49.7 Å². The van der Waals surface area contributed by atoms with E-state index in [1.165, 1.54) is 11.1 Å². The molecule has 2 aromatic carbocycles. The van der Waals surface area contributed by atoms with Crippen LogP contribution in [0, 0.1) is 6.92 Å². The second kappa shape index (κ2) is 7.81. The maximum absolute atomic E-state index is 4.97. The summed E-state index contributed by atoms with van der Waals surface area (Å²) in [4.78, 5) is 14.2. The number of aromatic amines is 1. The van der Waals surface area contributed by atoms with Gasteiger partial charge < -0.3 is 0 Å². The van der Waals surface area contributed by atoms with Gasteiger partial charge in [0, 0.05) is 28.9 Å². The third-order valence-corrected chi connectivity index (χ3v) is 6.36. The van der Waals surface area contributed by atoms with Crippen LogP contribution in [0.5, 0.6) is 0 Å². The molecule has 0 bridgehead atoms. The zero-order chi connectivity index (χ0) is 22.4. The Bertz CT molecular complexity index is 1610. The molecule has 0 aliphatic carbocycles. The average molecular weight is 433 g/mol. The van der Waals surface area contributed by atoms with Gasteiger partial charge in [-0.25, -0.2) is 10.1 Å². The lowest BCUT2D eigenvalue weighted by molar-refractivity contribution is 0.796.